The van der Waals surface area contributed by atoms with Crippen LogP contribution in [0.2, 0.25) is 0 Å². The predicted octanol–water partition coefficient (Wildman–Crippen LogP) is 3.19. The van der Waals surface area contributed by atoms with E-state index in [9.17, 15) is 4.79 Å². The van der Waals surface area contributed by atoms with Gasteiger partial charge in [-0.1, -0.05) is 24.6 Å². The summed E-state index contributed by atoms with van der Waals surface area (Å²) in [7, 11) is 0. The maximum Gasteiger partial charge on any atom is 0.225 e. The molecule has 1 aliphatic heterocycles. The van der Waals surface area contributed by atoms with Crippen LogP contribution < -0.4 is 10.6 Å². The van der Waals surface area contributed by atoms with Crippen molar-refractivity contribution in [1.82, 2.24) is 15.2 Å². The lowest BCUT2D eigenvalue weighted by molar-refractivity contribution is -0.116. The van der Waals surface area contributed by atoms with Crippen molar-refractivity contribution < 1.29 is 4.79 Å². The molecule has 0 radical (unpaired) electrons. The van der Waals surface area contributed by atoms with E-state index in [2.05, 4.69) is 38.7 Å². The van der Waals surface area contributed by atoms with Gasteiger partial charge in [-0.3, -0.25) is 9.78 Å². The lowest BCUT2D eigenvalue weighted by Crippen LogP contribution is -2.32. The Morgan fingerprint density at radius 2 is 1.77 bits per heavy atom. The summed E-state index contributed by atoms with van der Waals surface area (Å²) < 4.78 is 0. The number of anilines is 1. The molecular weight excluding hydrogens is 324 g/mol. The number of nitrogens with one attached hydrogen (secondary N) is 2. The molecular formula is C21H28N4O. The van der Waals surface area contributed by atoms with Gasteiger partial charge >= 0.3 is 0 Å². The zero-order chi connectivity index (χ0) is 18.0. The maximum atomic E-state index is 12.1. The molecule has 5 heteroatoms. The normalized spacial score (nSPS) is 14.9. The van der Waals surface area contributed by atoms with Crippen molar-refractivity contribution in [1.29, 1.82) is 0 Å². The van der Waals surface area contributed by atoms with Crippen LogP contribution in [0, 0.1) is 0 Å². The average molecular weight is 352 g/mol. The number of carbonyl (C=O) groups is 1. The van der Waals surface area contributed by atoms with E-state index >= 15 is 0 Å². The van der Waals surface area contributed by atoms with Crippen LogP contribution in [0.3, 0.4) is 0 Å². The number of rotatable bonds is 8. The zero-order valence-electron chi connectivity index (χ0n) is 15.3. The predicted molar refractivity (Wildman–Crippen MR) is 105 cm³/mol. The van der Waals surface area contributed by atoms with Gasteiger partial charge in [-0.2, -0.15) is 0 Å². The van der Waals surface area contributed by atoms with Crippen LogP contribution in [-0.2, 0) is 17.9 Å². The van der Waals surface area contributed by atoms with E-state index in [1.807, 2.05) is 24.4 Å². The topological polar surface area (TPSA) is 57.3 Å². The summed E-state index contributed by atoms with van der Waals surface area (Å²) in [6.07, 6.45) is 8.06. The molecule has 0 spiro atoms. The minimum absolute atomic E-state index is 0.0954. The summed E-state index contributed by atoms with van der Waals surface area (Å²) in [6.45, 7) is 4.71. The van der Waals surface area contributed by atoms with Crippen molar-refractivity contribution in [3.8, 4) is 0 Å². The van der Waals surface area contributed by atoms with Crippen LogP contribution >= 0.6 is 0 Å². The molecule has 5 nitrogen and oxygen atoms in total. The Labute approximate surface area is 155 Å². The Kier molecular flexibility index (Phi) is 7.16. The number of pyridine rings is 1. The fourth-order valence-electron chi connectivity index (χ4n) is 3.23. The Morgan fingerprint density at radius 1 is 1.00 bits per heavy atom. The molecule has 1 saturated heterocycles. The summed E-state index contributed by atoms with van der Waals surface area (Å²) in [4.78, 5) is 18.6. The third-order valence-electron chi connectivity index (χ3n) is 4.72. The molecule has 0 aliphatic carbocycles. The Hall–Kier alpha value is -2.24. The van der Waals surface area contributed by atoms with Gasteiger partial charge in [0.05, 0.1) is 0 Å². The Balaban J connectivity index is 1.37. The van der Waals surface area contributed by atoms with Crippen molar-refractivity contribution >= 4 is 11.6 Å². The van der Waals surface area contributed by atoms with Crippen molar-refractivity contribution in [2.24, 2.45) is 0 Å². The monoisotopic (exact) mass is 352 g/mol. The Bertz CT molecular complexity index is 666. The summed E-state index contributed by atoms with van der Waals surface area (Å²) >= 11 is 0. The molecule has 0 atom stereocenters. The average Bonchev–Trinajstić information content (AvgIpc) is 2.69. The van der Waals surface area contributed by atoms with Gasteiger partial charge in [0.15, 0.2) is 0 Å². The quantitative estimate of drug-likeness (QED) is 0.766. The smallest absolute Gasteiger partial charge is 0.225 e. The van der Waals surface area contributed by atoms with Crippen molar-refractivity contribution in [2.45, 2.75) is 38.8 Å². The number of aromatic nitrogens is 1. The third kappa shape index (κ3) is 6.24. The molecule has 0 bridgehead atoms. The van der Waals surface area contributed by atoms with E-state index in [4.69, 9.17) is 0 Å². The zero-order valence-corrected chi connectivity index (χ0v) is 15.3. The highest BCUT2D eigenvalue weighted by molar-refractivity contribution is 5.90. The molecule has 1 fully saturated rings. The first-order chi connectivity index (χ1) is 12.8. The van der Waals surface area contributed by atoms with E-state index < -0.39 is 0 Å². The molecule has 0 unspecified atom stereocenters. The molecule has 2 heterocycles. The first kappa shape index (κ1) is 18.5. The van der Waals surface area contributed by atoms with Crippen LogP contribution in [0.4, 0.5) is 5.69 Å². The molecule has 0 saturated carbocycles. The highest BCUT2D eigenvalue weighted by atomic mass is 16.1. The second kappa shape index (κ2) is 10.0. The number of carbonyl (C=O) groups excluding carboxylic acids is 1. The molecule has 3 rings (SSSR count). The van der Waals surface area contributed by atoms with Crippen molar-refractivity contribution in [3.05, 3.63) is 59.9 Å². The Morgan fingerprint density at radius 3 is 2.50 bits per heavy atom. The maximum absolute atomic E-state index is 12.1. The van der Waals surface area contributed by atoms with Gasteiger partial charge in [-0.25, -0.2) is 0 Å². The molecule has 1 aliphatic rings. The highest BCUT2D eigenvalue weighted by Crippen LogP contribution is 2.12. The van der Waals surface area contributed by atoms with Gasteiger partial charge in [-0.15, -0.1) is 0 Å². The first-order valence-electron chi connectivity index (χ1n) is 9.50. The van der Waals surface area contributed by atoms with Gasteiger partial charge in [0.1, 0.15) is 0 Å². The van der Waals surface area contributed by atoms with Crippen LogP contribution in [0.15, 0.2) is 48.8 Å². The number of benzene rings is 1. The standard InChI is InChI=1S/C21H28N4O/c26-21(10-14-25-12-2-1-3-13-25)24-20-8-6-18(7-9-20)15-23-17-19-5-4-11-22-16-19/h4-9,11,16,23H,1-3,10,12-15,17H2,(H,24,26). The van der Waals surface area contributed by atoms with Crippen LogP contribution in [0.1, 0.15) is 36.8 Å². The van der Waals surface area contributed by atoms with Gasteiger partial charge in [-0.05, 0) is 55.3 Å². The van der Waals surface area contributed by atoms with E-state index in [0.29, 0.717) is 6.42 Å². The van der Waals surface area contributed by atoms with Gasteiger partial charge in [0, 0.05) is 44.1 Å². The third-order valence-corrected chi connectivity index (χ3v) is 4.72. The van der Waals surface area contributed by atoms with E-state index in [-0.39, 0.29) is 5.91 Å². The SMILES string of the molecule is O=C(CCN1CCCCC1)Nc1ccc(CNCc2cccnc2)cc1. The van der Waals surface area contributed by atoms with E-state index in [1.165, 1.54) is 30.4 Å². The molecule has 2 N–H and O–H groups in total. The van der Waals surface area contributed by atoms with Crippen molar-refractivity contribution in [2.75, 3.05) is 25.0 Å². The summed E-state index contributed by atoms with van der Waals surface area (Å²) in [6, 6.07) is 12.1. The van der Waals surface area contributed by atoms with Crippen LogP contribution in [-0.4, -0.2) is 35.4 Å². The fraction of sp³-hybridized carbons (Fsp3) is 0.429. The molecule has 1 aromatic carbocycles. The number of hydrogen-bond acceptors (Lipinski definition) is 4. The molecule has 26 heavy (non-hydrogen) atoms. The number of hydrogen-bond donors (Lipinski definition) is 2. The molecule has 2 aromatic rings. The lowest BCUT2D eigenvalue weighted by atomic mass is 10.1. The largest absolute Gasteiger partial charge is 0.326 e. The minimum atomic E-state index is 0.0954. The summed E-state index contributed by atoms with van der Waals surface area (Å²) in [5.41, 5.74) is 3.23. The second-order valence-corrected chi connectivity index (χ2v) is 6.86. The molecule has 1 amide bonds. The molecule has 1 aromatic heterocycles. The van der Waals surface area contributed by atoms with E-state index in [0.717, 1.165) is 38.4 Å². The number of likely N-dealkylation sites (tertiary alicyclic amines) is 1. The number of nitrogens with zero attached hydrogens (tertiary/aromatic N) is 2. The highest BCUT2D eigenvalue weighted by Gasteiger charge is 2.11. The van der Waals surface area contributed by atoms with Crippen molar-refractivity contribution in [3.63, 3.8) is 0 Å². The summed E-state index contributed by atoms with van der Waals surface area (Å²) in [5.74, 6) is 0.0954. The molecule has 138 valence electrons. The summed E-state index contributed by atoms with van der Waals surface area (Å²) in [5, 5.41) is 6.40. The first-order valence-corrected chi connectivity index (χ1v) is 9.50. The lowest BCUT2D eigenvalue weighted by Gasteiger charge is -2.25. The fourth-order valence-corrected chi connectivity index (χ4v) is 3.23. The van der Waals surface area contributed by atoms with Gasteiger partial charge < -0.3 is 15.5 Å². The van der Waals surface area contributed by atoms with E-state index in [1.54, 1.807) is 6.20 Å². The number of piperidine rings is 1. The number of amides is 1. The minimum Gasteiger partial charge on any atom is -0.326 e. The van der Waals surface area contributed by atoms with Gasteiger partial charge in [0.2, 0.25) is 5.91 Å². The van der Waals surface area contributed by atoms with Crippen LogP contribution in [0.5, 0.6) is 0 Å². The van der Waals surface area contributed by atoms with Gasteiger partial charge in [0.25, 0.3) is 0 Å². The second-order valence-electron chi connectivity index (χ2n) is 6.86. The van der Waals surface area contributed by atoms with Crippen LogP contribution in [0.25, 0.3) is 0 Å².